The van der Waals surface area contributed by atoms with Crippen molar-refractivity contribution < 1.29 is 4.74 Å². The van der Waals surface area contributed by atoms with Crippen LogP contribution in [0.1, 0.15) is 76.0 Å². The van der Waals surface area contributed by atoms with Crippen LogP contribution in [0.2, 0.25) is 0 Å². The lowest BCUT2D eigenvalue weighted by Gasteiger charge is -2.57. The molecule has 1 nitrogen and oxygen atoms in total. The molecule has 1 heterocycles. The van der Waals surface area contributed by atoms with Gasteiger partial charge in [0.05, 0.1) is 0 Å². The molecule has 0 radical (unpaired) electrons. The van der Waals surface area contributed by atoms with E-state index in [4.69, 9.17) is 4.74 Å². The number of hydrogen-bond donors (Lipinski definition) is 0. The van der Waals surface area contributed by atoms with Crippen LogP contribution in [0.3, 0.4) is 0 Å². The summed E-state index contributed by atoms with van der Waals surface area (Å²) in [6, 6.07) is 25.4. The molecule has 10 rings (SSSR count). The van der Waals surface area contributed by atoms with Crippen LogP contribution in [0.25, 0.3) is 32.3 Å². The number of hydrogen-bond acceptors (Lipinski definition) is 1. The topological polar surface area (TPSA) is 9.23 Å². The highest BCUT2D eigenvalue weighted by Gasteiger charge is 2.52. The summed E-state index contributed by atoms with van der Waals surface area (Å²) in [4.78, 5) is 0. The van der Waals surface area contributed by atoms with Crippen molar-refractivity contribution >= 4 is 32.3 Å². The number of allylic oxidation sites excluding steroid dienone is 1. The van der Waals surface area contributed by atoms with E-state index in [1.54, 1.807) is 11.6 Å². The number of benzene rings is 5. The SMILES string of the molecule is C=CC.CC1(C)c2ccccc2Oc2c1cc1cc(C34CC5CC(CC(C5)C3)C4)c3cccc4ccc2c1c43. The lowest BCUT2D eigenvalue weighted by Crippen LogP contribution is -2.48. The fourth-order valence-corrected chi connectivity index (χ4v) is 9.66. The molecular weight excluding hydrogens is 472 g/mol. The zero-order valence-electron chi connectivity index (χ0n) is 23.5. The summed E-state index contributed by atoms with van der Waals surface area (Å²) in [5, 5.41) is 8.41. The Labute approximate surface area is 232 Å². The van der Waals surface area contributed by atoms with Gasteiger partial charge in [0.2, 0.25) is 0 Å². The molecule has 4 saturated carbocycles. The summed E-state index contributed by atoms with van der Waals surface area (Å²) in [5.74, 6) is 4.89. The van der Waals surface area contributed by atoms with Gasteiger partial charge >= 0.3 is 0 Å². The second-order valence-corrected chi connectivity index (χ2v) is 13.6. The second-order valence-electron chi connectivity index (χ2n) is 13.6. The van der Waals surface area contributed by atoms with Crippen molar-refractivity contribution in [3.8, 4) is 11.5 Å². The number of fused-ring (bicyclic) bond motifs is 3. The minimum Gasteiger partial charge on any atom is -0.456 e. The van der Waals surface area contributed by atoms with Crippen molar-refractivity contribution in [1.82, 2.24) is 0 Å². The van der Waals surface area contributed by atoms with Gasteiger partial charge in [-0.25, -0.2) is 0 Å². The van der Waals surface area contributed by atoms with Gasteiger partial charge in [0.1, 0.15) is 11.5 Å². The molecule has 1 aliphatic heterocycles. The quantitative estimate of drug-likeness (QED) is 0.161. The van der Waals surface area contributed by atoms with E-state index in [9.17, 15) is 0 Å². The Hall–Kier alpha value is -3.32. The van der Waals surface area contributed by atoms with Gasteiger partial charge in [-0.2, -0.15) is 0 Å². The third-order valence-corrected chi connectivity index (χ3v) is 10.8. The molecule has 5 aliphatic rings. The monoisotopic (exact) mass is 510 g/mol. The van der Waals surface area contributed by atoms with Gasteiger partial charge in [-0.15, -0.1) is 6.58 Å². The molecule has 1 heteroatoms. The average Bonchev–Trinajstić information content (AvgIpc) is 2.91. The molecule has 5 aromatic carbocycles. The van der Waals surface area contributed by atoms with E-state index >= 15 is 0 Å². The highest BCUT2D eigenvalue weighted by Crippen LogP contribution is 2.62. The first-order valence-corrected chi connectivity index (χ1v) is 15.0. The van der Waals surface area contributed by atoms with E-state index in [1.165, 1.54) is 82.0 Å². The summed E-state index contributed by atoms with van der Waals surface area (Å²) in [6.45, 7) is 9.98. The lowest BCUT2D eigenvalue weighted by atomic mass is 9.47. The van der Waals surface area contributed by atoms with Gasteiger partial charge in [-0.3, -0.25) is 0 Å². The molecule has 4 aliphatic carbocycles. The lowest BCUT2D eigenvalue weighted by molar-refractivity contribution is -0.00444. The summed E-state index contributed by atoms with van der Waals surface area (Å²) >= 11 is 0. The van der Waals surface area contributed by atoms with Crippen LogP contribution in [0.15, 0.2) is 79.4 Å². The molecule has 0 saturated heterocycles. The fourth-order valence-electron chi connectivity index (χ4n) is 9.66. The van der Waals surface area contributed by atoms with E-state index in [-0.39, 0.29) is 5.41 Å². The Morgan fingerprint density at radius 2 is 1.36 bits per heavy atom. The van der Waals surface area contributed by atoms with Crippen LogP contribution < -0.4 is 4.74 Å². The van der Waals surface area contributed by atoms with Crippen LogP contribution in [0.5, 0.6) is 11.5 Å². The Bertz CT molecular complexity index is 1730. The van der Waals surface area contributed by atoms with Crippen molar-refractivity contribution in [3.63, 3.8) is 0 Å². The largest absolute Gasteiger partial charge is 0.456 e. The minimum absolute atomic E-state index is 0.102. The minimum atomic E-state index is -0.102. The van der Waals surface area contributed by atoms with Crippen LogP contribution in [0.4, 0.5) is 0 Å². The van der Waals surface area contributed by atoms with Gasteiger partial charge in [0.15, 0.2) is 0 Å². The van der Waals surface area contributed by atoms with Crippen LogP contribution in [-0.4, -0.2) is 0 Å². The molecule has 0 unspecified atom stereocenters. The fraction of sp³-hybridized carbons (Fsp3) is 0.368. The maximum Gasteiger partial charge on any atom is 0.139 e. The number of ether oxygens (including phenoxy) is 1. The molecule has 0 spiro atoms. The Morgan fingerprint density at radius 3 is 2.08 bits per heavy atom. The molecular formula is C38H38O. The number of para-hydroxylation sites is 1. The van der Waals surface area contributed by atoms with Crippen molar-refractivity contribution in [2.75, 3.05) is 0 Å². The van der Waals surface area contributed by atoms with Gasteiger partial charge < -0.3 is 4.74 Å². The summed E-state index contributed by atoms with van der Waals surface area (Å²) in [6.07, 6.45) is 10.4. The Balaban J connectivity index is 0.000000752. The van der Waals surface area contributed by atoms with Crippen molar-refractivity contribution in [2.24, 2.45) is 17.8 Å². The third-order valence-electron chi connectivity index (χ3n) is 10.8. The summed E-state index contributed by atoms with van der Waals surface area (Å²) in [7, 11) is 0. The normalized spacial score (nSPS) is 27.6. The molecule has 0 N–H and O–H groups in total. The molecule has 4 bridgehead atoms. The predicted octanol–water partition coefficient (Wildman–Crippen LogP) is 10.7. The van der Waals surface area contributed by atoms with Gasteiger partial charge in [-0.05, 0) is 120 Å². The molecule has 196 valence electrons. The van der Waals surface area contributed by atoms with Gasteiger partial charge in [0, 0.05) is 27.3 Å². The zero-order valence-corrected chi connectivity index (χ0v) is 23.5. The highest BCUT2D eigenvalue weighted by atomic mass is 16.5. The third kappa shape index (κ3) is 3.19. The van der Waals surface area contributed by atoms with Crippen LogP contribution in [0, 0.1) is 17.8 Å². The van der Waals surface area contributed by atoms with Crippen molar-refractivity contribution in [2.45, 2.75) is 70.1 Å². The second kappa shape index (κ2) is 8.10. The predicted molar refractivity (Wildman–Crippen MR) is 165 cm³/mol. The first-order chi connectivity index (χ1) is 18.9. The molecule has 0 atom stereocenters. The first-order valence-electron chi connectivity index (χ1n) is 15.0. The summed E-state index contributed by atoms with van der Waals surface area (Å²) < 4.78 is 6.70. The maximum atomic E-state index is 6.70. The smallest absolute Gasteiger partial charge is 0.139 e. The van der Waals surface area contributed by atoms with Crippen LogP contribution in [-0.2, 0) is 10.8 Å². The maximum absolute atomic E-state index is 6.70. The standard InChI is InChI=1S/C35H32O.C3H6/c1-34(2)27-8-3-4-9-30(27)36-33-26-11-10-23-6-5-7-25-28(15-24(16-29(33)34)32(26)31(23)25)35-17-20-12-21(18-35)14-22(13-20)19-35;1-3-2/h3-11,15-16,20-22H,12-14,17-19H2,1-2H3;3H,1H2,2H3. The zero-order chi connectivity index (χ0) is 26.5. The molecule has 0 aromatic heterocycles. The Morgan fingerprint density at radius 1 is 0.718 bits per heavy atom. The van der Waals surface area contributed by atoms with E-state index in [0.29, 0.717) is 5.41 Å². The van der Waals surface area contributed by atoms with Crippen molar-refractivity contribution in [1.29, 1.82) is 0 Å². The molecule has 39 heavy (non-hydrogen) atoms. The molecule has 4 fully saturated rings. The van der Waals surface area contributed by atoms with Crippen LogP contribution >= 0.6 is 0 Å². The van der Waals surface area contributed by atoms with E-state index in [1.807, 2.05) is 6.92 Å². The number of rotatable bonds is 1. The first kappa shape index (κ1) is 23.6. The van der Waals surface area contributed by atoms with E-state index < -0.39 is 0 Å². The molecule has 0 amide bonds. The van der Waals surface area contributed by atoms with Gasteiger partial charge in [0.25, 0.3) is 0 Å². The highest BCUT2D eigenvalue weighted by molar-refractivity contribution is 6.25. The molecule has 5 aromatic rings. The van der Waals surface area contributed by atoms with E-state index in [0.717, 1.165) is 29.3 Å². The van der Waals surface area contributed by atoms with Gasteiger partial charge in [-0.1, -0.05) is 62.4 Å². The van der Waals surface area contributed by atoms with E-state index in [2.05, 4.69) is 87.2 Å². The summed E-state index contributed by atoms with van der Waals surface area (Å²) in [5.41, 5.74) is 4.53. The Kier molecular flexibility index (Phi) is 4.89. The average molecular weight is 511 g/mol. The van der Waals surface area contributed by atoms with Crippen molar-refractivity contribution in [3.05, 3.63) is 96.1 Å².